The molecule has 0 aliphatic rings. The molecule has 1 aromatic carbocycles. The molecule has 0 aliphatic heterocycles. The molecular weight excluding hydrogens is 250 g/mol. The van der Waals surface area contributed by atoms with Gasteiger partial charge < -0.3 is 20.7 Å². The molecule has 5 heteroatoms. The van der Waals surface area contributed by atoms with E-state index in [1.54, 1.807) is 7.11 Å². The number of aliphatic hydroxyl groups excluding tert-OH is 2. The number of methoxy groups -OCH3 is 1. The highest BCUT2D eigenvalue weighted by atomic mass is 32.2. The number of hydrogen-bond donors (Lipinski definition) is 3. The van der Waals surface area contributed by atoms with Crippen LogP contribution in [-0.4, -0.2) is 41.8 Å². The summed E-state index contributed by atoms with van der Waals surface area (Å²) in [4.78, 5) is 0. The van der Waals surface area contributed by atoms with Gasteiger partial charge in [0.05, 0.1) is 19.8 Å². The fraction of sp³-hybridized carbons (Fsp3) is 0.538. The Morgan fingerprint density at radius 2 is 2.06 bits per heavy atom. The number of para-hydroxylation sites is 1. The van der Waals surface area contributed by atoms with Crippen molar-refractivity contribution in [2.75, 3.05) is 19.5 Å². The Balaban J connectivity index is 2.84. The van der Waals surface area contributed by atoms with Gasteiger partial charge in [0, 0.05) is 22.6 Å². The lowest BCUT2D eigenvalue weighted by atomic mass is 10.1. The molecule has 3 unspecified atom stereocenters. The highest BCUT2D eigenvalue weighted by molar-refractivity contribution is 7.99. The van der Waals surface area contributed by atoms with Crippen LogP contribution in [0, 0.1) is 0 Å². The minimum atomic E-state index is -0.717. The summed E-state index contributed by atoms with van der Waals surface area (Å²) >= 11 is 1.53. The van der Waals surface area contributed by atoms with E-state index in [2.05, 4.69) is 0 Å². The molecule has 0 saturated heterocycles. The summed E-state index contributed by atoms with van der Waals surface area (Å²) in [5, 5.41) is 18.3. The zero-order chi connectivity index (χ0) is 13.5. The summed E-state index contributed by atoms with van der Waals surface area (Å²) in [7, 11) is 1.63. The van der Waals surface area contributed by atoms with E-state index in [0.29, 0.717) is 5.75 Å². The second-order valence-corrected chi connectivity index (χ2v) is 5.37. The first-order valence-corrected chi connectivity index (χ1v) is 6.94. The Hall–Kier alpha value is -0.750. The summed E-state index contributed by atoms with van der Waals surface area (Å²) in [6.45, 7) is 1.69. The average molecular weight is 271 g/mol. The summed E-state index contributed by atoms with van der Waals surface area (Å²) in [5.41, 5.74) is 7.02. The van der Waals surface area contributed by atoms with Crippen LogP contribution in [0.15, 0.2) is 24.3 Å². The average Bonchev–Trinajstić information content (AvgIpc) is 2.38. The van der Waals surface area contributed by atoms with E-state index in [-0.39, 0.29) is 17.9 Å². The van der Waals surface area contributed by atoms with Gasteiger partial charge in [0.25, 0.3) is 0 Å². The summed E-state index contributed by atoms with van der Waals surface area (Å²) in [5.74, 6) is 1.24. The second kappa shape index (κ2) is 7.63. The zero-order valence-corrected chi connectivity index (χ0v) is 11.6. The predicted octanol–water partition coefficient (Wildman–Crippen LogP) is 1.17. The van der Waals surface area contributed by atoms with E-state index >= 15 is 0 Å². The quantitative estimate of drug-likeness (QED) is 0.694. The normalized spacial score (nSPS) is 16.1. The van der Waals surface area contributed by atoms with Crippen molar-refractivity contribution in [1.82, 2.24) is 0 Å². The first-order valence-electron chi connectivity index (χ1n) is 5.89. The molecule has 0 radical (unpaired) electrons. The van der Waals surface area contributed by atoms with Crippen LogP contribution >= 0.6 is 11.8 Å². The van der Waals surface area contributed by atoms with Crippen LogP contribution in [-0.2, 0) is 0 Å². The maximum Gasteiger partial charge on any atom is 0.123 e. The third kappa shape index (κ3) is 4.17. The summed E-state index contributed by atoms with van der Waals surface area (Å²) in [6, 6.07) is 7.65. The van der Waals surface area contributed by atoms with E-state index in [0.717, 1.165) is 11.3 Å². The molecule has 0 fully saturated rings. The molecule has 0 spiro atoms. The topological polar surface area (TPSA) is 75.7 Å². The molecule has 4 N–H and O–H groups in total. The molecule has 1 rings (SSSR count). The lowest BCUT2D eigenvalue weighted by Gasteiger charge is -2.23. The van der Waals surface area contributed by atoms with Crippen LogP contribution in [0.5, 0.6) is 5.75 Å². The van der Waals surface area contributed by atoms with Crippen LogP contribution in [0.4, 0.5) is 0 Å². The fourth-order valence-electron chi connectivity index (χ4n) is 1.69. The zero-order valence-electron chi connectivity index (χ0n) is 10.7. The Kier molecular flexibility index (Phi) is 6.49. The molecule has 0 heterocycles. The van der Waals surface area contributed by atoms with Crippen molar-refractivity contribution in [1.29, 1.82) is 0 Å². The van der Waals surface area contributed by atoms with Crippen molar-refractivity contribution in [2.24, 2.45) is 5.73 Å². The molecule has 1 aromatic rings. The second-order valence-electron chi connectivity index (χ2n) is 4.19. The Morgan fingerprint density at radius 1 is 1.39 bits per heavy atom. The third-order valence-corrected chi connectivity index (χ3v) is 4.22. The number of hydrogen-bond acceptors (Lipinski definition) is 5. The van der Waals surface area contributed by atoms with Crippen LogP contribution in [0.1, 0.15) is 17.7 Å². The van der Waals surface area contributed by atoms with Gasteiger partial charge in [-0.25, -0.2) is 0 Å². The Morgan fingerprint density at radius 3 is 2.61 bits per heavy atom. The van der Waals surface area contributed by atoms with Crippen LogP contribution in [0.25, 0.3) is 0 Å². The van der Waals surface area contributed by atoms with Crippen molar-refractivity contribution < 1.29 is 14.9 Å². The molecule has 0 saturated carbocycles. The number of benzene rings is 1. The first-order chi connectivity index (χ1) is 8.60. The number of nitrogens with two attached hydrogens (primary N) is 1. The van der Waals surface area contributed by atoms with E-state index in [1.165, 1.54) is 11.8 Å². The lowest BCUT2D eigenvalue weighted by Crippen LogP contribution is -2.25. The SMILES string of the molecule is COc1ccccc1C(SCC(O)CO)C(C)N. The number of aliphatic hydroxyl groups is 2. The Bertz CT molecular complexity index is 360. The van der Waals surface area contributed by atoms with E-state index in [4.69, 9.17) is 15.6 Å². The van der Waals surface area contributed by atoms with Gasteiger partial charge in [-0.15, -0.1) is 11.8 Å². The van der Waals surface area contributed by atoms with Crippen molar-refractivity contribution >= 4 is 11.8 Å². The third-order valence-electron chi connectivity index (χ3n) is 2.60. The highest BCUT2D eigenvalue weighted by Crippen LogP contribution is 2.36. The highest BCUT2D eigenvalue weighted by Gasteiger charge is 2.21. The van der Waals surface area contributed by atoms with Gasteiger partial charge in [0.15, 0.2) is 0 Å². The lowest BCUT2D eigenvalue weighted by molar-refractivity contribution is 0.113. The summed E-state index contributed by atoms with van der Waals surface area (Å²) < 4.78 is 5.33. The van der Waals surface area contributed by atoms with Gasteiger partial charge >= 0.3 is 0 Å². The van der Waals surface area contributed by atoms with Crippen LogP contribution < -0.4 is 10.5 Å². The molecule has 18 heavy (non-hydrogen) atoms. The maximum atomic E-state index is 9.42. The minimum absolute atomic E-state index is 0.0300. The van der Waals surface area contributed by atoms with E-state index in [1.807, 2.05) is 31.2 Å². The number of thioether (sulfide) groups is 1. The van der Waals surface area contributed by atoms with Gasteiger partial charge in [0.1, 0.15) is 5.75 Å². The van der Waals surface area contributed by atoms with Crippen LogP contribution in [0.3, 0.4) is 0 Å². The number of ether oxygens (including phenoxy) is 1. The molecule has 0 bridgehead atoms. The smallest absolute Gasteiger partial charge is 0.123 e. The standard InChI is InChI=1S/C13H21NO3S/c1-9(14)13(18-8-10(16)7-15)11-5-3-4-6-12(11)17-2/h3-6,9-10,13,15-16H,7-8,14H2,1-2H3. The van der Waals surface area contributed by atoms with Crippen molar-refractivity contribution in [3.8, 4) is 5.75 Å². The molecule has 102 valence electrons. The molecule has 0 aromatic heterocycles. The molecule has 0 amide bonds. The largest absolute Gasteiger partial charge is 0.496 e. The van der Waals surface area contributed by atoms with Gasteiger partial charge in [-0.3, -0.25) is 0 Å². The van der Waals surface area contributed by atoms with Crippen molar-refractivity contribution in [2.45, 2.75) is 24.3 Å². The van der Waals surface area contributed by atoms with Crippen LogP contribution in [0.2, 0.25) is 0 Å². The van der Waals surface area contributed by atoms with E-state index < -0.39 is 6.10 Å². The minimum Gasteiger partial charge on any atom is -0.496 e. The van der Waals surface area contributed by atoms with Gasteiger partial charge in [-0.1, -0.05) is 18.2 Å². The Labute approximate surface area is 112 Å². The van der Waals surface area contributed by atoms with Gasteiger partial charge in [0.2, 0.25) is 0 Å². The monoisotopic (exact) mass is 271 g/mol. The van der Waals surface area contributed by atoms with Gasteiger partial charge in [-0.05, 0) is 13.0 Å². The van der Waals surface area contributed by atoms with Gasteiger partial charge in [-0.2, -0.15) is 0 Å². The number of rotatable bonds is 7. The molecular formula is C13H21NO3S. The van der Waals surface area contributed by atoms with E-state index in [9.17, 15) is 5.11 Å². The van der Waals surface area contributed by atoms with Crippen molar-refractivity contribution in [3.05, 3.63) is 29.8 Å². The molecule has 0 aliphatic carbocycles. The molecule has 3 atom stereocenters. The fourth-order valence-corrected chi connectivity index (χ4v) is 2.91. The summed E-state index contributed by atoms with van der Waals surface area (Å²) in [6.07, 6.45) is -0.717. The predicted molar refractivity (Wildman–Crippen MR) is 74.9 cm³/mol. The molecule has 4 nitrogen and oxygen atoms in total. The maximum absolute atomic E-state index is 9.42. The first kappa shape index (κ1) is 15.3. The van der Waals surface area contributed by atoms with Crippen molar-refractivity contribution in [3.63, 3.8) is 0 Å².